The molecule has 2 heterocycles. The zero-order valence-corrected chi connectivity index (χ0v) is 19.6. The number of nitrogens with zero attached hydrogens (tertiary/aromatic N) is 2. The lowest BCUT2D eigenvalue weighted by atomic mass is 10.1. The number of rotatable bonds is 8. The Morgan fingerprint density at radius 2 is 1.91 bits per heavy atom. The minimum absolute atomic E-state index is 0.0786. The average Bonchev–Trinajstić information content (AvgIpc) is 3.29. The summed E-state index contributed by atoms with van der Waals surface area (Å²) in [6, 6.07) is 15.0. The Morgan fingerprint density at radius 3 is 2.64 bits per heavy atom. The highest BCUT2D eigenvalue weighted by molar-refractivity contribution is 7.99. The number of thioether (sulfide) groups is 1. The van der Waals surface area contributed by atoms with Crippen LogP contribution in [0.3, 0.4) is 0 Å². The standard InChI is InChI=1S/C23H23N3O5S2/c1-16-7-9-18(10-8-16)33(29,30)25-20(17-5-3-2-4-6-17)11-13-31-22(28)19-15-24-23-26(21(19)27)12-14-32-23/h2-10,15,20,25H,11-14H2,1H3. The second kappa shape index (κ2) is 9.90. The van der Waals surface area contributed by atoms with Crippen molar-refractivity contribution < 1.29 is 17.9 Å². The van der Waals surface area contributed by atoms with Crippen molar-refractivity contribution in [2.75, 3.05) is 12.4 Å². The van der Waals surface area contributed by atoms with E-state index in [0.717, 1.165) is 16.9 Å². The molecule has 1 unspecified atom stereocenters. The maximum absolute atomic E-state index is 12.9. The van der Waals surface area contributed by atoms with E-state index in [9.17, 15) is 18.0 Å². The van der Waals surface area contributed by atoms with Gasteiger partial charge in [0.2, 0.25) is 10.0 Å². The van der Waals surface area contributed by atoms with Gasteiger partial charge in [0, 0.05) is 24.9 Å². The fourth-order valence-electron chi connectivity index (χ4n) is 3.46. The van der Waals surface area contributed by atoms with Crippen molar-refractivity contribution in [1.82, 2.24) is 14.3 Å². The number of sulfonamides is 1. The van der Waals surface area contributed by atoms with Crippen molar-refractivity contribution in [2.24, 2.45) is 0 Å². The zero-order chi connectivity index (χ0) is 23.4. The first-order valence-corrected chi connectivity index (χ1v) is 12.9. The summed E-state index contributed by atoms with van der Waals surface area (Å²) in [5, 5.41) is 0.589. The number of benzene rings is 2. The maximum atomic E-state index is 12.9. The van der Waals surface area contributed by atoms with Crippen LogP contribution in [0.5, 0.6) is 0 Å². The molecule has 1 aliphatic rings. The van der Waals surface area contributed by atoms with E-state index in [0.29, 0.717) is 11.7 Å². The highest BCUT2D eigenvalue weighted by atomic mass is 32.2. The van der Waals surface area contributed by atoms with Crippen molar-refractivity contribution in [2.45, 2.75) is 36.0 Å². The summed E-state index contributed by atoms with van der Waals surface area (Å²) in [7, 11) is -3.80. The van der Waals surface area contributed by atoms with Crippen LogP contribution in [0.1, 0.15) is 33.9 Å². The first-order chi connectivity index (χ1) is 15.8. The van der Waals surface area contributed by atoms with E-state index in [1.165, 1.54) is 22.5 Å². The third-order valence-electron chi connectivity index (χ3n) is 5.25. The first kappa shape index (κ1) is 23.2. The Labute approximate surface area is 196 Å². The van der Waals surface area contributed by atoms with E-state index >= 15 is 0 Å². The molecule has 8 nitrogen and oxygen atoms in total. The fourth-order valence-corrected chi connectivity index (χ4v) is 5.63. The van der Waals surface area contributed by atoms with Gasteiger partial charge in [-0.05, 0) is 24.6 Å². The summed E-state index contributed by atoms with van der Waals surface area (Å²) in [6.07, 6.45) is 1.43. The molecule has 172 valence electrons. The zero-order valence-electron chi connectivity index (χ0n) is 17.9. The van der Waals surface area contributed by atoms with Crippen LogP contribution < -0.4 is 10.3 Å². The molecule has 2 aromatic carbocycles. The quantitative estimate of drug-likeness (QED) is 0.386. The Hall–Kier alpha value is -2.95. The van der Waals surface area contributed by atoms with E-state index in [2.05, 4.69) is 9.71 Å². The van der Waals surface area contributed by atoms with Crippen LogP contribution >= 0.6 is 11.8 Å². The highest BCUT2D eigenvalue weighted by Crippen LogP contribution is 2.22. The molecule has 0 radical (unpaired) electrons. The molecule has 1 atom stereocenters. The summed E-state index contributed by atoms with van der Waals surface area (Å²) in [4.78, 5) is 29.3. The molecule has 10 heteroatoms. The maximum Gasteiger partial charge on any atom is 0.345 e. The van der Waals surface area contributed by atoms with Crippen LogP contribution in [-0.4, -0.2) is 36.3 Å². The van der Waals surface area contributed by atoms with E-state index in [-0.39, 0.29) is 23.5 Å². The number of ether oxygens (including phenoxy) is 1. The van der Waals surface area contributed by atoms with Crippen LogP contribution in [0.4, 0.5) is 0 Å². The first-order valence-electron chi connectivity index (χ1n) is 10.4. The molecule has 4 rings (SSSR count). The molecule has 0 bridgehead atoms. The SMILES string of the molecule is Cc1ccc(S(=O)(=O)NC(CCOC(=O)c2cnc3n(c2=O)CCS3)c2ccccc2)cc1. The Balaban J connectivity index is 1.47. The van der Waals surface area contributed by atoms with Crippen LogP contribution in [-0.2, 0) is 21.3 Å². The van der Waals surface area contributed by atoms with Crippen LogP contribution in [0.15, 0.2) is 75.6 Å². The van der Waals surface area contributed by atoms with E-state index in [4.69, 9.17) is 4.74 Å². The summed E-state index contributed by atoms with van der Waals surface area (Å²) < 4.78 is 35.3. The third kappa shape index (κ3) is 5.35. The van der Waals surface area contributed by atoms with Gasteiger partial charge in [0.05, 0.1) is 17.5 Å². The Kier molecular flexibility index (Phi) is 6.96. The molecule has 3 aromatic rings. The highest BCUT2D eigenvalue weighted by Gasteiger charge is 2.24. The molecule has 0 amide bonds. The van der Waals surface area contributed by atoms with Crippen LogP contribution in [0.2, 0.25) is 0 Å². The average molecular weight is 486 g/mol. The molecule has 0 fully saturated rings. The summed E-state index contributed by atoms with van der Waals surface area (Å²) >= 11 is 1.46. The molecule has 1 N–H and O–H groups in total. The Bertz CT molecular complexity index is 1310. The molecule has 0 spiro atoms. The summed E-state index contributed by atoms with van der Waals surface area (Å²) in [5.74, 6) is -0.0337. The number of carbonyl (C=O) groups is 1. The van der Waals surface area contributed by atoms with Gasteiger partial charge in [-0.1, -0.05) is 59.8 Å². The molecular weight excluding hydrogens is 462 g/mol. The van der Waals surface area contributed by atoms with Gasteiger partial charge < -0.3 is 4.74 Å². The predicted molar refractivity (Wildman–Crippen MR) is 125 cm³/mol. The monoisotopic (exact) mass is 485 g/mol. The largest absolute Gasteiger partial charge is 0.462 e. The fraction of sp³-hybridized carbons (Fsp3) is 0.261. The van der Waals surface area contributed by atoms with Crippen molar-refractivity contribution in [3.05, 3.63) is 87.8 Å². The topological polar surface area (TPSA) is 107 Å². The number of aryl methyl sites for hydroxylation is 1. The normalized spacial score (nSPS) is 14.0. The number of nitrogens with one attached hydrogen (secondary N) is 1. The van der Waals surface area contributed by atoms with Gasteiger partial charge in [-0.25, -0.2) is 22.9 Å². The number of fused-ring (bicyclic) bond motifs is 1. The van der Waals surface area contributed by atoms with Crippen molar-refractivity contribution >= 4 is 27.8 Å². The third-order valence-corrected chi connectivity index (χ3v) is 7.71. The number of hydrogen-bond donors (Lipinski definition) is 1. The van der Waals surface area contributed by atoms with Gasteiger partial charge in [0.1, 0.15) is 5.56 Å². The molecule has 0 aliphatic carbocycles. The second-order valence-corrected chi connectivity index (χ2v) is 10.4. The van der Waals surface area contributed by atoms with E-state index in [1.54, 1.807) is 36.4 Å². The van der Waals surface area contributed by atoms with Gasteiger partial charge in [-0.15, -0.1) is 0 Å². The van der Waals surface area contributed by atoms with E-state index in [1.807, 2.05) is 25.1 Å². The lowest BCUT2D eigenvalue weighted by Crippen LogP contribution is -2.30. The summed E-state index contributed by atoms with van der Waals surface area (Å²) in [5.41, 5.74) is 1.14. The van der Waals surface area contributed by atoms with Crippen LogP contribution in [0, 0.1) is 6.92 Å². The van der Waals surface area contributed by atoms with Gasteiger partial charge in [-0.3, -0.25) is 9.36 Å². The Morgan fingerprint density at radius 1 is 1.18 bits per heavy atom. The number of hydrogen-bond acceptors (Lipinski definition) is 7. The van der Waals surface area contributed by atoms with Gasteiger partial charge in [0.25, 0.3) is 5.56 Å². The lowest BCUT2D eigenvalue weighted by Gasteiger charge is -2.19. The second-order valence-electron chi connectivity index (χ2n) is 7.58. The number of aromatic nitrogens is 2. The molecule has 33 heavy (non-hydrogen) atoms. The van der Waals surface area contributed by atoms with Crippen LogP contribution in [0.25, 0.3) is 0 Å². The van der Waals surface area contributed by atoms with Gasteiger partial charge in [-0.2, -0.15) is 0 Å². The van der Waals surface area contributed by atoms with Crippen molar-refractivity contribution in [3.8, 4) is 0 Å². The minimum atomic E-state index is -3.80. The van der Waals surface area contributed by atoms with Crippen molar-refractivity contribution in [1.29, 1.82) is 0 Å². The molecule has 0 saturated heterocycles. The smallest absolute Gasteiger partial charge is 0.345 e. The predicted octanol–water partition coefficient (Wildman–Crippen LogP) is 2.92. The lowest BCUT2D eigenvalue weighted by molar-refractivity contribution is 0.0488. The van der Waals surface area contributed by atoms with Gasteiger partial charge >= 0.3 is 5.97 Å². The molecule has 1 aliphatic heterocycles. The van der Waals surface area contributed by atoms with Crippen molar-refractivity contribution in [3.63, 3.8) is 0 Å². The summed E-state index contributed by atoms with van der Waals surface area (Å²) in [6.45, 7) is 2.31. The minimum Gasteiger partial charge on any atom is -0.462 e. The molecule has 1 aromatic heterocycles. The molecular formula is C23H23N3O5S2. The number of carbonyl (C=O) groups excluding carboxylic acids is 1. The van der Waals surface area contributed by atoms with E-state index < -0.39 is 27.6 Å². The number of esters is 1. The van der Waals surface area contributed by atoms with Gasteiger partial charge in [0.15, 0.2) is 5.16 Å². The molecule has 0 saturated carbocycles.